The lowest BCUT2D eigenvalue weighted by atomic mass is 9.70. The summed E-state index contributed by atoms with van der Waals surface area (Å²) in [5.74, 6) is 4.13. The monoisotopic (exact) mass is 356 g/mol. The Morgan fingerprint density at radius 2 is 1.71 bits per heavy atom. The molecule has 0 aliphatic heterocycles. The Balaban J connectivity index is 1.34. The maximum Gasteiger partial charge on any atom is 0.344 e. The number of carbonyl (C=O) groups is 2. The summed E-state index contributed by atoms with van der Waals surface area (Å²) in [7, 11) is 0. The maximum absolute atomic E-state index is 11.8. The molecule has 0 spiro atoms. The Morgan fingerprint density at radius 1 is 0.952 bits per heavy atom. The van der Waals surface area contributed by atoms with Crippen molar-refractivity contribution >= 4 is 27.9 Å². The number of carbonyl (C=O) groups excluding carboxylic acids is 2. The van der Waals surface area contributed by atoms with Crippen molar-refractivity contribution in [1.29, 1.82) is 0 Å². The van der Waals surface area contributed by atoms with E-state index in [0.717, 1.165) is 36.0 Å². The van der Waals surface area contributed by atoms with Crippen molar-refractivity contribution in [3.8, 4) is 0 Å². The first-order valence-corrected chi connectivity index (χ1v) is 9.20. The van der Waals surface area contributed by atoms with E-state index < -0.39 is 5.97 Å². The van der Waals surface area contributed by atoms with Crippen LogP contribution in [0, 0.1) is 35.5 Å². The van der Waals surface area contributed by atoms with Gasteiger partial charge in [0.1, 0.15) is 11.4 Å². The standard InChI is InChI=1S/C16H21BrO4/c17-6-13(18)20-7-14(19)21-12-5-10-4-11(12)16-9-2-1-8(3-9)15(10)16/h8-12,15-16H,1-7H2. The highest BCUT2D eigenvalue weighted by Gasteiger charge is 2.63. The summed E-state index contributed by atoms with van der Waals surface area (Å²) in [4.78, 5) is 22.9. The molecule has 4 saturated carbocycles. The number of rotatable bonds is 4. The molecule has 0 radical (unpaired) electrons. The number of hydrogen-bond acceptors (Lipinski definition) is 4. The topological polar surface area (TPSA) is 52.6 Å². The minimum atomic E-state index is -0.423. The van der Waals surface area contributed by atoms with Crippen molar-refractivity contribution in [2.75, 3.05) is 11.9 Å². The molecule has 5 heteroatoms. The second kappa shape index (κ2) is 5.25. The smallest absolute Gasteiger partial charge is 0.344 e. The quantitative estimate of drug-likeness (QED) is 0.441. The van der Waals surface area contributed by atoms with Gasteiger partial charge in [0.15, 0.2) is 6.61 Å². The SMILES string of the molecule is O=C(CBr)OCC(=O)OC1CC2CC1C1C3CCC(C3)C21. The molecule has 4 nitrogen and oxygen atoms in total. The molecule has 0 amide bonds. The summed E-state index contributed by atoms with van der Waals surface area (Å²) >= 11 is 3.00. The Bertz CT molecular complexity index is 465. The van der Waals surface area contributed by atoms with Crippen LogP contribution in [0.2, 0.25) is 0 Å². The van der Waals surface area contributed by atoms with Gasteiger partial charge < -0.3 is 9.47 Å². The summed E-state index contributed by atoms with van der Waals surface area (Å²) in [5, 5.41) is 0.112. The van der Waals surface area contributed by atoms with Gasteiger partial charge in [0.2, 0.25) is 0 Å². The van der Waals surface area contributed by atoms with E-state index >= 15 is 0 Å². The molecular formula is C16H21BrO4. The fourth-order valence-electron chi connectivity index (χ4n) is 6.02. The van der Waals surface area contributed by atoms with E-state index in [1.165, 1.54) is 25.7 Å². The molecule has 0 N–H and O–H groups in total. The highest BCUT2D eigenvalue weighted by molar-refractivity contribution is 9.09. The summed E-state index contributed by atoms with van der Waals surface area (Å²) in [6, 6.07) is 0. The largest absolute Gasteiger partial charge is 0.460 e. The van der Waals surface area contributed by atoms with Crippen molar-refractivity contribution in [3.63, 3.8) is 0 Å². The lowest BCUT2D eigenvalue weighted by Crippen LogP contribution is -2.38. The van der Waals surface area contributed by atoms with Gasteiger partial charge >= 0.3 is 11.9 Å². The first-order valence-electron chi connectivity index (χ1n) is 8.08. The van der Waals surface area contributed by atoms with Gasteiger partial charge in [-0.2, -0.15) is 0 Å². The number of ether oxygens (including phenoxy) is 2. The number of esters is 2. The zero-order valence-corrected chi connectivity index (χ0v) is 13.6. The third kappa shape index (κ3) is 2.23. The van der Waals surface area contributed by atoms with Gasteiger partial charge in [-0.1, -0.05) is 15.9 Å². The Kier molecular flexibility index (Phi) is 3.51. The van der Waals surface area contributed by atoms with Crippen LogP contribution in [0.1, 0.15) is 32.1 Å². The average molecular weight is 357 g/mol. The molecule has 0 aromatic carbocycles. The minimum Gasteiger partial charge on any atom is -0.460 e. The predicted molar refractivity (Wildman–Crippen MR) is 78.7 cm³/mol. The van der Waals surface area contributed by atoms with Gasteiger partial charge in [-0.25, -0.2) is 4.79 Å². The van der Waals surface area contributed by atoms with Crippen LogP contribution in [0.15, 0.2) is 0 Å². The lowest BCUT2D eigenvalue weighted by molar-refractivity contribution is -0.164. The van der Waals surface area contributed by atoms with Gasteiger partial charge in [-0.15, -0.1) is 0 Å². The Morgan fingerprint density at radius 3 is 2.48 bits per heavy atom. The molecule has 4 aliphatic carbocycles. The predicted octanol–water partition coefficient (Wildman–Crippen LogP) is 2.54. The number of hydrogen-bond donors (Lipinski definition) is 0. The first kappa shape index (κ1) is 14.0. The zero-order valence-electron chi connectivity index (χ0n) is 12.0. The molecular weight excluding hydrogens is 336 g/mol. The fourth-order valence-corrected chi connectivity index (χ4v) is 6.18. The molecule has 0 aromatic rings. The molecule has 0 heterocycles. The third-order valence-corrected chi connectivity index (χ3v) is 6.87. The van der Waals surface area contributed by atoms with Crippen molar-refractivity contribution < 1.29 is 19.1 Å². The van der Waals surface area contributed by atoms with Crippen LogP contribution in [0.5, 0.6) is 0 Å². The average Bonchev–Trinajstić information content (AvgIpc) is 3.22. The van der Waals surface area contributed by atoms with Crippen LogP contribution in [-0.2, 0) is 19.1 Å². The maximum atomic E-state index is 11.8. The summed E-state index contributed by atoms with van der Waals surface area (Å²) in [6.45, 7) is -0.252. The number of fused-ring (bicyclic) bond motifs is 9. The molecule has 4 rings (SSSR count). The van der Waals surface area contributed by atoms with Gasteiger partial charge in [-0.3, -0.25) is 4.79 Å². The van der Waals surface area contributed by atoms with Crippen LogP contribution >= 0.6 is 15.9 Å². The molecule has 4 fully saturated rings. The highest BCUT2D eigenvalue weighted by Crippen LogP contribution is 2.67. The molecule has 0 aromatic heterocycles. The minimum absolute atomic E-state index is 0.0748. The zero-order chi connectivity index (χ0) is 14.6. The summed E-state index contributed by atoms with van der Waals surface area (Å²) < 4.78 is 10.4. The molecule has 116 valence electrons. The molecule has 4 aliphatic rings. The van der Waals surface area contributed by atoms with E-state index in [-0.39, 0.29) is 24.0 Å². The highest BCUT2D eigenvalue weighted by atomic mass is 79.9. The molecule has 4 bridgehead atoms. The van der Waals surface area contributed by atoms with E-state index in [0.29, 0.717) is 5.92 Å². The Labute approximate surface area is 133 Å². The molecule has 7 unspecified atom stereocenters. The van der Waals surface area contributed by atoms with Crippen molar-refractivity contribution in [2.24, 2.45) is 35.5 Å². The lowest BCUT2D eigenvalue weighted by Gasteiger charge is -2.38. The fraction of sp³-hybridized carbons (Fsp3) is 0.875. The summed E-state index contributed by atoms with van der Waals surface area (Å²) in [6.07, 6.45) is 6.60. The molecule has 0 saturated heterocycles. The normalized spacial score (nSPS) is 45.7. The second-order valence-corrected chi connectivity index (χ2v) is 7.77. The van der Waals surface area contributed by atoms with Gasteiger partial charge in [-0.05, 0) is 67.6 Å². The van der Waals surface area contributed by atoms with Gasteiger partial charge in [0.25, 0.3) is 0 Å². The van der Waals surface area contributed by atoms with Crippen LogP contribution in [-0.4, -0.2) is 30.0 Å². The van der Waals surface area contributed by atoms with Crippen LogP contribution < -0.4 is 0 Å². The van der Waals surface area contributed by atoms with Crippen LogP contribution in [0.4, 0.5) is 0 Å². The second-order valence-electron chi connectivity index (χ2n) is 7.21. The summed E-state index contributed by atoms with van der Waals surface area (Å²) in [5.41, 5.74) is 0. The number of halogens is 1. The van der Waals surface area contributed by atoms with Crippen molar-refractivity contribution in [3.05, 3.63) is 0 Å². The number of alkyl halides is 1. The van der Waals surface area contributed by atoms with Crippen LogP contribution in [0.25, 0.3) is 0 Å². The molecule has 7 atom stereocenters. The third-order valence-electron chi connectivity index (χ3n) is 6.42. The van der Waals surface area contributed by atoms with E-state index in [1.54, 1.807) is 0 Å². The van der Waals surface area contributed by atoms with Gasteiger partial charge in [0, 0.05) is 0 Å². The first-order chi connectivity index (χ1) is 10.2. The van der Waals surface area contributed by atoms with E-state index in [2.05, 4.69) is 15.9 Å². The van der Waals surface area contributed by atoms with Crippen molar-refractivity contribution in [2.45, 2.75) is 38.2 Å². The van der Waals surface area contributed by atoms with E-state index in [1.807, 2.05) is 0 Å². The molecule has 21 heavy (non-hydrogen) atoms. The van der Waals surface area contributed by atoms with Gasteiger partial charge in [0.05, 0.1) is 0 Å². The van der Waals surface area contributed by atoms with Crippen molar-refractivity contribution in [1.82, 2.24) is 0 Å². The Hall–Kier alpha value is -0.580. The van der Waals surface area contributed by atoms with E-state index in [4.69, 9.17) is 9.47 Å². The van der Waals surface area contributed by atoms with Crippen LogP contribution in [0.3, 0.4) is 0 Å². The van der Waals surface area contributed by atoms with E-state index in [9.17, 15) is 9.59 Å².